The van der Waals surface area contributed by atoms with Gasteiger partial charge in [0.15, 0.2) is 0 Å². The van der Waals surface area contributed by atoms with Crippen molar-refractivity contribution in [3.8, 4) is 0 Å². The van der Waals surface area contributed by atoms with Gasteiger partial charge in [-0.15, -0.1) is 0 Å². The number of unbranched alkanes of at least 4 members (excludes halogenated alkanes) is 9. The maximum absolute atomic E-state index is 2.47. The van der Waals surface area contributed by atoms with Gasteiger partial charge in [0.2, 0.25) is 0 Å². The molecule has 0 saturated heterocycles. The summed E-state index contributed by atoms with van der Waals surface area (Å²) < 4.78 is 0. The molecule has 21 heavy (non-hydrogen) atoms. The summed E-state index contributed by atoms with van der Waals surface area (Å²) in [5.74, 6) is 1.90. The van der Waals surface area contributed by atoms with E-state index in [9.17, 15) is 0 Å². The quantitative estimate of drug-likeness (QED) is 0.206. The molecule has 0 fully saturated rings. The van der Waals surface area contributed by atoms with Crippen LogP contribution in [0, 0.1) is 11.8 Å². The van der Waals surface area contributed by atoms with Crippen molar-refractivity contribution in [2.75, 3.05) is 0 Å². The van der Waals surface area contributed by atoms with Gasteiger partial charge >= 0.3 is 106 Å². The minimum atomic E-state index is 0.947. The molecule has 0 spiro atoms. The summed E-state index contributed by atoms with van der Waals surface area (Å²) in [7, 11) is 0. The summed E-state index contributed by atoms with van der Waals surface area (Å²) in [5.41, 5.74) is 0. The first-order chi connectivity index (χ1) is 10.2. The Morgan fingerprint density at radius 1 is 0.619 bits per heavy atom. The van der Waals surface area contributed by atoms with E-state index in [0.29, 0.717) is 0 Å². The summed E-state index contributed by atoms with van der Waals surface area (Å²) in [5, 5.41) is 1.36. The van der Waals surface area contributed by atoms with Crippen LogP contribution in [0.25, 0.3) is 0 Å². The van der Waals surface area contributed by atoms with Crippen LogP contribution in [0.2, 0.25) is 5.09 Å². The van der Waals surface area contributed by atoms with Gasteiger partial charge in [0.25, 0.3) is 0 Å². The molecule has 0 rings (SSSR count). The van der Waals surface area contributed by atoms with Crippen molar-refractivity contribution in [3.05, 3.63) is 0 Å². The molecule has 0 saturated carbocycles. The third kappa shape index (κ3) is 16.8. The molecule has 0 aromatic heterocycles. The second kappa shape index (κ2) is 17.0. The molecule has 1 heteroatoms. The van der Waals surface area contributed by atoms with E-state index in [2.05, 4.69) is 38.5 Å². The summed E-state index contributed by atoms with van der Waals surface area (Å²) in [6, 6.07) is 0. The summed E-state index contributed by atoms with van der Waals surface area (Å²) in [6.07, 6.45) is 20.4. The molecule has 0 radical (unpaired) electrons. The van der Waals surface area contributed by atoms with Crippen molar-refractivity contribution in [2.24, 2.45) is 11.8 Å². The van der Waals surface area contributed by atoms with Crippen LogP contribution in [-0.4, -0.2) is 17.7 Å². The van der Waals surface area contributed by atoms with Crippen molar-refractivity contribution in [1.29, 1.82) is 0 Å². The molecule has 0 bridgehead atoms. The van der Waals surface area contributed by atoms with E-state index in [1.54, 1.807) is 0 Å². The fraction of sp³-hybridized carbons (Fsp3) is 1.00. The van der Waals surface area contributed by atoms with E-state index in [1.165, 1.54) is 95.0 Å². The first-order valence-corrected chi connectivity index (χ1v) is 10.2. The maximum atomic E-state index is 2.47. The molecule has 0 aromatic rings. The molecule has 0 N–H and O–H groups in total. The Kier molecular flexibility index (Phi) is 17.4. The average Bonchev–Trinajstić information content (AvgIpc) is 2.47. The Morgan fingerprint density at radius 3 is 1.52 bits per heavy atom. The van der Waals surface area contributed by atoms with Crippen molar-refractivity contribution in [3.63, 3.8) is 0 Å². The molecule has 122 valence electrons. The van der Waals surface area contributed by atoms with E-state index in [-0.39, 0.29) is 0 Å². The Morgan fingerprint density at radius 2 is 1.05 bits per heavy atom. The zero-order chi connectivity index (χ0) is 15.8. The van der Waals surface area contributed by atoms with Crippen LogP contribution in [-0.2, 0) is 0 Å². The first-order valence-electron chi connectivity index (χ1n) is 10.2. The minimum absolute atomic E-state index is 0.947. The van der Waals surface area contributed by atoms with Crippen LogP contribution >= 0.6 is 0 Å². The van der Waals surface area contributed by atoms with E-state index in [0.717, 1.165) is 11.8 Å². The third-order valence-corrected chi connectivity index (χ3v) is 4.91. The zero-order valence-corrected chi connectivity index (χ0v) is 15.8. The molecule has 0 aliphatic carbocycles. The van der Waals surface area contributed by atoms with Gasteiger partial charge in [-0.05, 0) is 0 Å². The van der Waals surface area contributed by atoms with Crippen molar-refractivity contribution < 1.29 is 0 Å². The monoisotopic (exact) mass is 288 g/mol. The molecule has 0 aromatic carbocycles. The molecule has 0 amide bonds. The molecular formula is C20H41Li. The van der Waals surface area contributed by atoms with Gasteiger partial charge < -0.3 is 0 Å². The van der Waals surface area contributed by atoms with E-state index in [1.807, 2.05) is 0 Å². The van der Waals surface area contributed by atoms with Gasteiger partial charge in [0.05, 0.1) is 0 Å². The Labute approximate surface area is 145 Å². The third-order valence-electron chi connectivity index (χ3n) is 4.91. The Hall–Kier alpha value is 0.597. The smallest absolute Gasteiger partial charge is 0.0654 e. The topological polar surface area (TPSA) is 0 Å². The predicted octanol–water partition coefficient (Wildman–Crippen LogP) is 7.33. The van der Waals surface area contributed by atoms with Gasteiger partial charge in [-0.1, -0.05) is 39.0 Å². The van der Waals surface area contributed by atoms with Gasteiger partial charge in [-0.2, -0.15) is 0 Å². The normalized spacial score (nSPS) is 14.3. The van der Waals surface area contributed by atoms with Crippen LogP contribution < -0.4 is 0 Å². The zero-order valence-electron chi connectivity index (χ0n) is 15.8. The molecule has 2 atom stereocenters. The van der Waals surface area contributed by atoms with Gasteiger partial charge in [0.1, 0.15) is 0 Å². The second-order valence-corrected chi connectivity index (χ2v) is 7.56. The number of rotatable bonds is 16. The van der Waals surface area contributed by atoms with Crippen LogP contribution in [0.5, 0.6) is 0 Å². The van der Waals surface area contributed by atoms with Crippen molar-refractivity contribution in [2.45, 2.75) is 116 Å². The van der Waals surface area contributed by atoms with Crippen LogP contribution in [0.15, 0.2) is 0 Å². The predicted molar refractivity (Wildman–Crippen MR) is 99.2 cm³/mol. The van der Waals surface area contributed by atoms with E-state index < -0.39 is 0 Å². The average molecular weight is 288 g/mol. The molecular weight excluding hydrogens is 247 g/mol. The second-order valence-electron chi connectivity index (χ2n) is 7.56. The first kappa shape index (κ1) is 21.6. The van der Waals surface area contributed by atoms with Gasteiger partial charge in [-0.25, -0.2) is 0 Å². The summed E-state index contributed by atoms with van der Waals surface area (Å²) in [6.45, 7) is 7.21. The van der Waals surface area contributed by atoms with Gasteiger partial charge in [-0.3, -0.25) is 0 Å². The fourth-order valence-corrected chi connectivity index (χ4v) is 3.46. The summed E-state index contributed by atoms with van der Waals surface area (Å²) >= 11 is 2.31. The molecule has 0 aliphatic rings. The van der Waals surface area contributed by atoms with Gasteiger partial charge in [0, 0.05) is 0 Å². The van der Waals surface area contributed by atoms with Crippen LogP contribution in [0.4, 0.5) is 0 Å². The number of hydrogen-bond acceptors (Lipinski definition) is 0. The van der Waals surface area contributed by atoms with Crippen molar-refractivity contribution >= 4 is 17.7 Å². The standard InChI is InChI=1S/C20H41.Li/c1-5-7-8-9-10-11-12-13-14-15-17-20(4)18-19(3)16-6-2;/h19-20H,2,5-18H2,1,3-4H3;. The van der Waals surface area contributed by atoms with Crippen molar-refractivity contribution in [1.82, 2.24) is 0 Å². The van der Waals surface area contributed by atoms with Crippen LogP contribution in [0.1, 0.15) is 111 Å². The fourth-order valence-electron chi connectivity index (χ4n) is 3.46. The summed E-state index contributed by atoms with van der Waals surface area (Å²) in [4.78, 5) is 0. The minimum Gasteiger partial charge on any atom is -0.0654 e. The Balaban J connectivity index is 3.22. The number of hydrogen-bond donors (Lipinski definition) is 0. The molecule has 0 nitrogen and oxygen atoms in total. The Bertz CT molecular complexity index is 190. The molecule has 0 aliphatic heterocycles. The molecule has 0 heterocycles. The van der Waals surface area contributed by atoms with E-state index in [4.69, 9.17) is 0 Å². The van der Waals surface area contributed by atoms with E-state index >= 15 is 0 Å². The SMILES string of the molecule is [Li][CH2]CCC(C)CC(C)CCCCCCCCCCCC. The molecule has 2 unspecified atom stereocenters. The van der Waals surface area contributed by atoms with Crippen LogP contribution in [0.3, 0.4) is 0 Å².